The Morgan fingerprint density at radius 2 is 2.03 bits per heavy atom. The number of hydrazone groups is 1. The van der Waals surface area contributed by atoms with Crippen LogP contribution in [0.4, 0.5) is 0 Å². The van der Waals surface area contributed by atoms with Crippen LogP contribution in [0.2, 0.25) is 0 Å². The number of amides is 1. The maximum absolute atomic E-state index is 12.5. The third-order valence-corrected chi connectivity index (χ3v) is 6.92. The largest absolute Gasteiger partial charge is 0.506 e. The zero-order valence-corrected chi connectivity index (χ0v) is 19.1. The Balaban J connectivity index is 1.47. The van der Waals surface area contributed by atoms with E-state index < -0.39 is 17.8 Å². The number of benzene rings is 1. The lowest BCUT2D eigenvalue weighted by Crippen LogP contribution is -2.28. The van der Waals surface area contributed by atoms with Gasteiger partial charge in [0.25, 0.3) is 0 Å². The minimum Gasteiger partial charge on any atom is -0.506 e. The first-order valence-electron chi connectivity index (χ1n) is 10.5. The van der Waals surface area contributed by atoms with E-state index in [1.54, 1.807) is 6.92 Å². The van der Waals surface area contributed by atoms with E-state index in [-0.39, 0.29) is 23.4 Å². The Labute approximate surface area is 194 Å². The molecule has 9 heteroatoms. The summed E-state index contributed by atoms with van der Waals surface area (Å²) < 4.78 is 4.62. The zero-order chi connectivity index (χ0) is 23.5. The van der Waals surface area contributed by atoms with Crippen molar-refractivity contribution < 1.29 is 19.4 Å². The van der Waals surface area contributed by atoms with Gasteiger partial charge in [0.2, 0.25) is 5.91 Å². The number of carbonyl (C=O) groups is 2. The molecule has 0 bridgehead atoms. The van der Waals surface area contributed by atoms with Gasteiger partial charge in [-0.2, -0.15) is 5.10 Å². The molecule has 2 aliphatic carbocycles. The molecule has 33 heavy (non-hydrogen) atoms. The van der Waals surface area contributed by atoms with Crippen LogP contribution in [0, 0.1) is 10.8 Å². The predicted molar refractivity (Wildman–Crippen MR) is 126 cm³/mol. The second kappa shape index (κ2) is 9.50. The molecule has 1 atom stereocenters. The minimum absolute atomic E-state index is 0.0403. The lowest BCUT2D eigenvalue weighted by atomic mass is 9.94. The number of aromatic hydroxyl groups is 1. The number of nitrogens with zero attached hydrogens (tertiary/aromatic N) is 2. The molecule has 0 radical (unpaired) electrons. The van der Waals surface area contributed by atoms with Gasteiger partial charge in [-0.05, 0) is 66.6 Å². The number of nitroso groups, excluding NO2 is 1. The number of hydrogen-bond acceptors (Lipinski definition) is 8. The Hall–Kier alpha value is -3.59. The van der Waals surface area contributed by atoms with E-state index in [2.05, 4.69) is 32.6 Å². The van der Waals surface area contributed by atoms with E-state index >= 15 is 0 Å². The highest BCUT2D eigenvalue weighted by Crippen LogP contribution is 2.40. The number of carbonyl (C=O) groups excluding carboxylic acids is 2. The van der Waals surface area contributed by atoms with E-state index in [1.807, 2.05) is 11.4 Å². The van der Waals surface area contributed by atoms with Gasteiger partial charge in [0.15, 0.2) is 0 Å². The van der Waals surface area contributed by atoms with Gasteiger partial charge in [0.05, 0.1) is 34.8 Å². The first-order valence-corrected chi connectivity index (χ1v) is 11.4. The van der Waals surface area contributed by atoms with Crippen LogP contribution >= 0.6 is 11.3 Å². The maximum atomic E-state index is 12.5. The van der Waals surface area contributed by atoms with Crippen molar-refractivity contribution in [3.05, 3.63) is 68.6 Å². The number of aryl methyl sites for hydroxylation is 2. The summed E-state index contributed by atoms with van der Waals surface area (Å²) in [6, 6.07) is 6.28. The molecule has 4 rings (SSSR count). The highest BCUT2D eigenvalue weighted by molar-refractivity contribution is 7.14. The van der Waals surface area contributed by atoms with E-state index in [0.29, 0.717) is 11.3 Å². The number of fused-ring (bicyclic) bond motifs is 1. The van der Waals surface area contributed by atoms with Gasteiger partial charge in [0.1, 0.15) is 11.4 Å². The van der Waals surface area contributed by atoms with Crippen molar-refractivity contribution in [1.29, 1.82) is 0 Å². The fourth-order valence-electron chi connectivity index (χ4n) is 4.07. The average Bonchev–Trinajstić information content (AvgIpc) is 3.47. The second-order valence-corrected chi connectivity index (χ2v) is 8.81. The third-order valence-electron chi connectivity index (χ3n) is 5.90. The van der Waals surface area contributed by atoms with Crippen molar-refractivity contribution in [3.63, 3.8) is 0 Å². The van der Waals surface area contributed by atoms with Crippen LogP contribution < -0.4 is 5.43 Å². The predicted octanol–water partition coefficient (Wildman–Crippen LogP) is 4.22. The SMILES string of the molecule is COC(=O)C1=CCC(C(=O)N/N=C(\C)c2csc(-c3ccc4c(c3)CCC4)c2O)C=C1N=O. The molecule has 2 aliphatic rings. The van der Waals surface area contributed by atoms with Crippen LogP contribution in [0.1, 0.15) is 36.5 Å². The quantitative estimate of drug-likeness (QED) is 0.287. The topological polar surface area (TPSA) is 117 Å². The molecule has 0 fully saturated rings. The Morgan fingerprint density at radius 3 is 2.79 bits per heavy atom. The number of ether oxygens (including phenoxy) is 1. The molecule has 1 heterocycles. The summed E-state index contributed by atoms with van der Waals surface area (Å²) in [7, 11) is 1.21. The Morgan fingerprint density at radius 1 is 1.24 bits per heavy atom. The smallest absolute Gasteiger partial charge is 0.339 e. The number of hydrogen-bond donors (Lipinski definition) is 2. The van der Waals surface area contributed by atoms with Gasteiger partial charge in [0, 0.05) is 5.38 Å². The number of methoxy groups -OCH3 is 1. The first kappa shape index (κ1) is 22.6. The van der Waals surface area contributed by atoms with Crippen molar-refractivity contribution in [3.8, 4) is 16.2 Å². The summed E-state index contributed by atoms with van der Waals surface area (Å²) in [6.07, 6.45) is 6.30. The average molecular weight is 466 g/mol. The molecule has 2 N–H and O–H groups in total. The van der Waals surface area contributed by atoms with Crippen LogP contribution in [0.3, 0.4) is 0 Å². The van der Waals surface area contributed by atoms with Crippen LogP contribution in [-0.4, -0.2) is 29.8 Å². The van der Waals surface area contributed by atoms with Crippen molar-refractivity contribution in [2.24, 2.45) is 16.2 Å². The Bertz CT molecular complexity index is 1220. The van der Waals surface area contributed by atoms with E-state index in [1.165, 1.54) is 41.7 Å². The summed E-state index contributed by atoms with van der Waals surface area (Å²) in [4.78, 5) is 36.1. The lowest BCUT2D eigenvalue weighted by molar-refractivity contribution is -0.136. The molecule has 0 spiro atoms. The molecule has 1 aromatic carbocycles. The molecular weight excluding hydrogens is 442 g/mol. The van der Waals surface area contributed by atoms with Crippen LogP contribution in [0.15, 0.2) is 57.3 Å². The molecule has 2 aromatic rings. The van der Waals surface area contributed by atoms with Crippen molar-refractivity contribution >= 4 is 28.9 Å². The van der Waals surface area contributed by atoms with Crippen molar-refractivity contribution in [1.82, 2.24) is 5.43 Å². The molecule has 1 aromatic heterocycles. The molecule has 0 saturated heterocycles. The van der Waals surface area contributed by atoms with E-state index in [9.17, 15) is 19.6 Å². The fourth-order valence-corrected chi connectivity index (χ4v) is 5.07. The van der Waals surface area contributed by atoms with Crippen molar-refractivity contribution in [2.45, 2.75) is 32.6 Å². The summed E-state index contributed by atoms with van der Waals surface area (Å²) >= 11 is 1.42. The van der Waals surface area contributed by atoms with Gasteiger partial charge in [-0.15, -0.1) is 16.2 Å². The molecule has 0 saturated carbocycles. The number of esters is 1. The molecule has 8 nitrogen and oxygen atoms in total. The van der Waals surface area contributed by atoms with E-state index in [0.717, 1.165) is 29.7 Å². The van der Waals surface area contributed by atoms with Gasteiger partial charge >= 0.3 is 5.97 Å². The minimum atomic E-state index is -0.708. The standard InChI is InChI=1S/C24H23N3O5S/c1-13(25-26-23(29)17-8-9-18(24(30)32-2)20(11-17)27-31)19-12-33-22(21(19)28)16-7-6-14-4-3-5-15(14)10-16/h6-7,9-12,17,28H,3-5,8H2,1-2H3,(H,26,29)/b25-13+. The normalized spacial score (nSPS) is 17.6. The molecule has 0 aliphatic heterocycles. The molecular formula is C24H23N3O5S. The summed E-state index contributed by atoms with van der Waals surface area (Å²) in [5.74, 6) is -1.71. The van der Waals surface area contributed by atoms with E-state index in [4.69, 9.17) is 0 Å². The fraction of sp³-hybridized carbons (Fsp3) is 0.292. The van der Waals surface area contributed by atoms with Gasteiger partial charge < -0.3 is 9.84 Å². The van der Waals surface area contributed by atoms with Gasteiger partial charge in [-0.3, -0.25) is 4.79 Å². The van der Waals surface area contributed by atoms with Gasteiger partial charge in [-0.1, -0.05) is 18.2 Å². The first-order chi connectivity index (χ1) is 15.9. The molecule has 1 unspecified atom stereocenters. The summed E-state index contributed by atoms with van der Waals surface area (Å²) in [5, 5.41) is 19.6. The number of rotatable bonds is 6. The molecule has 1 amide bonds. The van der Waals surface area contributed by atoms with Crippen LogP contribution in [0.5, 0.6) is 5.75 Å². The highest BCUT2D eigenvalue weighted by Gasteiger charge is 2.26. The lowest BCUT2D eigenvalue weighted by Gasteiger charge is -2.16. The summed E-state index contributed by atoms with van der Waals surface area (Å²) in [5.41, 5.74) is 7.03. The number of allylic oxidation sites excluding steroid dienone is 1. The third kappa shape index (κ3) is 4.49. The van der Waals surface area contributed by atoms with Gasteiger partial charge in [-0.25, -0.2) is 10.2 Å². The van der Waals surface area contributed by atoms with Crippen LogP contribution in [0.25, 0.3) is 10.4 Å². The number of nitrogens with one attached hydrogen (secondary N) is 1. The number of thiophene rings is 1. The monoisotopic (exact) mass is 465 g/mol. The summed E-state index contributed by atoms with van der Waals surface area (Å²) in [6.45, 7) is 1.69. The second-order valence-electron chi connectivity index (χ2n) is 7.93. The maximum Gasteiger partial charge on any atom is 0.339 e. The highest BCUT2D eigenvalue weighted by atomic mass is 32.1. The van der Waals surface area contributed by atoms with Crippen molar-refractivity contribution in [2.75, 3.05) is 7.11 Å². The molecule has 170 valence electrons. The zero-order valence-electron chi connectivity index (χ0n) is 18.3. The Kier molecular flexibility index (Phi) is 6.50. The van der Waals surface area contributed by atoms with Crippen LogP contribution in [-0.2, 0) is 27.2 Å².